The number of hydrogen-bond donors (Lipinski definition) is 0. The standard InChI is InChI=1S/C36H54O3Si/c1-24(39-40(9,10)33(2,3)4)27-17-18-28-26-16-19-30-34(5,6)31(38-32(37)25-14-12-11-13-15-25)21-23-36(30,8)29(26)20-22-35(27,28)7/h11-15,18,24,27,30-31H,16-17,19-23H2,1-10H3/t24-,27+,30-,31-,35+,36+/m0/s1. The van der Waals surface area contributed by atoms with Gasteiger partial charge in [0.1, 0.15) is 6.10 Å². The van der Waals surface area contributed by atoms with E-state index >= 15 is 0 Å². The summed E-state index contributed by atoms with van der Waals surface area (Å²) in [5.41, 5.74) is 6.05. The first-order valence-corrected chi connectivity index (χ1v) is 18.8. The average molecular weight is 563 g/mol. The number of benzene rings is 1. The van der Waals surface area contributed by atoms with Gasteiger partial charge in [0.25, 0.3) is 0 Å². The van der Waals surface area contributed by atoms with E-state index in [9.17, 15) is 4.79 Å². The maximum Gasteiger partial charge on any atom is 0.338 e. The molecule has 4 aliphatic rings. The highest BCUT2D eigenvalue weighted by Crippen LogP contribution is 2.66. The molecule has 6 atom stereocenters. The van der Waals surface area contributed by atoms with Gasteiger partial charge in [-0.3, -0.25) is 0 Å². The molecule has 0 unspecified atom stereocenters. The van der Waals surface area contributed by atoms with Crippen molar-refractivity contribution in [2.75, 3.05) is 0 Å². The minimum absolute atomic E-state index is 0.0438. The van der Waals surface area contributed by atoms with Crippen LogP contribution in [0.2, 0.25) is 18.1 Å². The van der Waals surface area contributed by atoms with Crippen LogP contribution < -0.4 is 0 Å². The molecule has 0 bridgehead atoms. The van der Waals surface area contributed by atoms with Crippen molar-refractivity contribution in [1.29, 1.82) is 0 Å². The zero-order valence-electron chi connectivity index (χ0n) is 26.9. The molecule has 0 aromatic heterocycles. The molecule has 0 aliphatic heterocycles. The fourth-order valence-corrected chi connectivity index (χ4v) is 10.6. The Morgan fingerprint density at radius 3 is 2.30 bits per heavy atom. The van der Waals surface area contributed by atoms with Crippen molar-refractivity contribution in [3.05, 3.63) is 58.7 Å². The van der Waals surface area contributed by atoms with Crippen LogP contribution in [0.1, 0.15) is 111 Å². The molecule has 1 aromatic carbocycles. The first-order chi connectivity index (χ1) is 18.5. The molecule has 4 aliphatic carbocycles. The van der Waals surface area contributed by atoms with Gasteiger partial charge in [-0.1, -0.05) is 78.3 Å². The zero-order valence-corrected chi connectivity index (χ0v) is 27.9. The van der Waals surface area contributed by atoms with Gasteiger partial charge in [-0.25, -0.2) is 4.79 Å². The van der Waals surface area contributed by atoms with Crippen molar-refractivity contribution in [2.45, 2.75) is 131 Å². The molecule has 220 valence electrons. The number of esters is 1. The smallest absolute Gasteiger partial charge is 0.338 e. The Balaban J connectivity index is 1.37. The normalized spacial score (nSPS) is 34.4. The molecule has 1 aromatic rings. The maximum absolute atomic E-state index is 13.0. The highest BCUT2D eigenvalue weighted by atomic mass is 28.4. The van der Waals surface area contributed by atoms with Gasteiger partial charge in [-0.15, -0.1) is 0 Å². The molecule has 4 heteroatoms. The monoisotopic (exact) mass is 562 g/mol. The van der Waals surface area contributed by atoms with Crippen molar-refractivity contribution in [1.82, 2.24) is 0 Å². The molecule has 0 spiro atoms. The van der Waals surface area contributed by atoms with Crippen molar-refractivity contribution in [2.24, 2.45) is 28.1 Å². The number of carbonyl (C=O) groups is 1. The molecule has 0 radical (unpaired) electrons. The van der Waals surface area contributed by atoms with Gasteiger partial charge in [0.15, 0.2) is 8.32 Å². The van der Waals surface area contributed by atoms with Crippen molar-refractivity contribution in [3.63, 3.8) is 0 Å². The predicted molar refractivity (Wildman–Crippen MR) is 168 cm³/mol. The lowest BCUT2D eigenvalue weighted by Gasteiger charge is -2.59. The average Bonchev–Trinajstić information content (AvgIpc) is 3.23. The summed E-state index contributed by atoms with van der Waals surface area (Å²) in [6, 6.07) is 9.49. The summed E-state index contributed by atoms with van der Waals surface area (Å²) in [7, 11) is -1.82. The fraction of sp³-hybridized carbons (Fsp3) is 0.694. The van der Waals surface area contributed by atoms with Crippen LogP contribution in [-0.2, 0) is 9.16 Å². The topological polar surface area (TPSA) is 35.5 Å². The van der Waals surface area contributed by atoms with E-state index in [0.29, 0.717) is 17.4 Å². The van der Waals surface area contributed by atoms with Crippen LogP contribution in [0.3, 0.4) is 0 Å². The summed E-state index contributed by atoms with van der Waals surface area (Å²) in [5.74, 6) is 0.896. The van der Waals surface area contributed by atoms with Gasteiger partial charge in [0.2, 0.25) is 0 Å². The molecule has 0 heterocycles. The number of hydrogen-bond acceptors (Lipinski definition) is 3. The molecule has 5 rings (SSSR count). The van der Waals surface area contributed by atoms with Gasteiger partial charge in [0, 0.05) is 11.5 Å². The molecule has 40 heavy (non-hydrogen) atoms. The molecule has 0 N–H and O–H groups in total. The summed E-state index contributed by atoms with van der Waals surface area (Å²) in [6.07, 6.45) is 10.8. The van der Waals surface area contributed by atoms with Crippen molar-refractivity contribution in [3.8, 4) is 0 Å². The van der Waals surface area contributed by atoms with Crippen LogP contribution in [0, 0.1) is 28.1 Å². The van der Waals surface area contributed by atoms with E-state index < -0.39 is 8.32 Å². The first kappa shape index (κ1) is 29.8. The minimum Gasteiger partial charge on any atom is -0.458 e. The zero-order chi connectivity index (χ0) is 29.3. The largest absolute Gasteiger partial charge is 0.458 e. The second-order valence-electron chi connectivity index (χ2n) is 16.0. The van der Waals surface area contributed by atoms with E-state index in [1.807, 2.05) is 30.3 Å². The Morgan fingerprint density at radius 2 is 1.65 bits per heavy atom. The Hall–Kier alpha value is -1.65. The van der Waals surface area contributed by atoms with E-state index in [-0.39, 0.29) is 39.5 Å². The van der Waals surface area contributed by atoms with Crippen LogP contribution in [0.5, 0.6) is 0 Å². The third-order valence-electron chi connectivity index (χ3n) is 12.5. The first-order valence-electron chi connectivity index (χ1n) is 15.9. The second kappa shape index (κ2) is 9.97. The predicted octanol–water partition coefficient (Wildman–Crippen LogP) is 9.90. The van der Waals surface area contributed by atoms with Crippen LogP contribution >= 0.6 is 0 Å². The Labute approximate surface area is 245 Å². The van der Waals surface area contributed by atoms with Crippen molar-refractivity contribution >= 4 is 14.3 Å². The molecular formula is C36H54O3Si. The Morgan fingerprint density at radius 1 is 0.975 bits per heavy atom. The summed E-state index contributed by atoms with van der Waals surface area (Å²) in [5, 5.41) is 0.229. The summed E-state index contributed by atoms with van der Waals surface area (Å²) < 4.78 is 13.2. The third-order valence-corrected chi connectivity index (χ3v) is 17.1. The second-order valence-corrected chi connectivity index (χ2v) is 20.8. The number of rotatable bonds is 5. The van der Waals surface area contributed by atoms with Gasteiger partial charge in [0.05, 0.1) is 5.56 Å². The molecular weight excluding hydrogens is 508 g/mol. The molecule has 0 amide bonds. The summed E-state index contributed by atoms with van der Waals surface area (Å²) in [4.78, 5) is 13.0. The number of carbonyl (C=O) groups excluding carboxylic acids is 1. The Bertz CT molecular complexity index is 1200. The van der Waals surface area contributed by atoms with Crippen LogP contribution in [0.15, 0.2) is 53.1 Å². The third kappa shape index (κ3) is 4.70. The number of fused-ring (bicyclic) bond motifs is 4. The van der Waals surface area contributed by atoms with E-state index in [1.54, 1.807) is 16.7 Å². The van der Waals surface area contributed by atoms with E-state index in [1.165, 1.54) is 19.3 Å². The molecule has 0 saturated heterocycles. The van der Waals surface area contributed by atoms with Gasteiger partial charge >= 0.3 is 5.97 Å². The SMILES string of the molecule is C[C@H](O[Si](C)(C)C(C)(C)C)[C@H]1CC=C2C3=C(CC[C@@]21C)[C@@]1(C)CC[C@H](OC(=O)c2ccccc2)C(C)(C)[C@@H]1CC3. The molecule has 1 saturated carbocycles. The van der Waals surface area contributed by atoms with E-state index in [0.717, 1.165) is 25.7 Å². The lowest BCUT2D eigenvalue weighted by Crippen LogP contribution is -2.54. The highest BCUT2D eigenvalue weighted by molar-refractivity contribution is 6.74. The minimum atomic E-state index is -1.82. The Kier molecular flexibility index (Phi) is 7.43. The van der Waals surface area contributed by atoms with E-state index in [4.69, 9.17) is 9.16 Å². The summed E-state index contributed by atoms with van der Waals surface area (Å²) in [6.45, 7) is 24.0. The van der Waals surface area contributed by atoms with Gasteiger partial charge < -0.3 is 9.16 Å². The van der Waals surface area contributed by atoms with Crippen LogP contribution in [-0.4, -0.2) is 26.5 Å². The quantitative estimate of drug-likeness (QED) is 0.265. The molecule has 1 fully saturated rings. The van der Waals surface area contributed by atoms with Gasteiger partial charge in [-0.05, 0) is 116 Å². The lowest BCUT2D eigenvalue weighted by molar-refractivity contribution is -0.0994. The van der Waals surface area contributed by atoms with Crippen LogP contribution in [0.4, 0.5) is 0 Å². The highest BCUT2D eigenvalue weighted by Gasteiger charge is 2.58. The number of allylic oxidation sites excluding steroid dienone is 4. The number of ether oxygens (including phenoxy) is 1. The van der Waals surface area contributed by atoms with Gasteiger partial charge in [-0.2, -0.15) is 0 Å². The van der Waals surface area contributed by atoms with Crippen LogP contribution in [0.25, 0.3) is 0 Å². The summed E-state index contributed by atoms with van der Waals surface area (Å²) >= 11 is 0. The maximum atomic E-state index is 13.0. The van der Waals surface area contributed by atoms with E-state index in [2.05, 4.69) is 74.6 Å². The molecule has 3 nitrogen and oxygen atoms in total. The lowest BCUT2D eigenvalue weighted by atomic mass is 9.46. The fourth-order valence-electron chi connectivity index (χ4n) is 9.12. The van der Waals surface area contributed by atoms with Crippen molar-refractivity contribution < 1.29 is 14.0 Å².